The van der Waals surface area contributed by atoms with Crippen molar-refractivity contribution in [1.82, 2.24) is 4.90 Å². The number of amides is 1. The molecule has 0 spiro atoms. The van der Waals surface area contributed by atoms with Crippen molar-refractivity contribution >= 4 is 33.2 Å². The third-order valence-corrected chi connectivity index (χ3v) is 7.03. The summed E-state index contributed by atoms with van der Waals surface area (Å²) in [5.74, 6) is -0.0148. The highest BCUT2D eigenvalue weighted by Gasteiger charge is 2.21. The maximum atomic E-state index is 13.2. The molecule has 0 bridgehead atoms. The largest absolute Gasteiger partial charge is 0.334 e. The van der Waals surface area contributed by atoms with Gasteiger partial charge < -0.3 is 4.90 Å². The number of hydrogen-bond donors (Lipinski definition) is 0. The van der Waals surface area contributed by atoms with Gasteiger partial charge >= 0.3 is 0 Å². The molecule has 0 heterocycles. The van der Waals surface area contributed by atoms with Gasteiger partial charge in [0, 0.05) is 31.1 Å². The van der Waals surface area contributed by atoms with Crippen LogP contribution in [-0.4, -0.2) is 32.0 Å². The van der Waals surface area contributed by atoms with E-state index in [4.69, 9.17) is 11.6 Å². The van der Waals surface area contributed by atoms with E-state index < -0.39 is 10.0 Å². The van der Waals surface area contributed by atoms with Crippen molar-refractivity contribution in [3.8, 4) is 0 Å². The highest BCUT2D eigenvalue weighted by molar-refractivity contribution is 7.92. The molecule has 0 N–H and O–H groups in total. The molecule has 174 valence electrons. The van der Waals surface area contributed by atoms with Gasteiger partial charge in [-0.1, -0.05) is 78.3 Å². The fourth-order valence-electron chi connectivity index (χ4n) is 3.70. The number of hydrogen-bond acceptors (Lipinski definition) is 3. The van der Waals surface area contributed by atoms with Gasteiger partial charge in [-0.25, -0.2) is 8.42 Å². The predicted molar refractivity (Wildman–Crippen MR) is 135 cm³/mol. The maximum Gasteiger partial charge on any atom is 0.232 e. The highest BCUT2D eigenvalue weighted by Crippen LogP contribution is 2.28. The number of nitrogens with zero attached hydrogens (tertiary/aromatic N) is 2. The molecule has 0 aliphatic carbocycles. The maximum absolute atomic E-state index is 13.2. The van der Waals surface area contributed by atoms with Crippen LogP contribution < -0.4 is 4.31 Å². The van der Waals surface area contributed by atoms with Crippen molar-refractivity contribution < 1.29 is 13.2 Å². The average molecular weight is 485 g/mol. The number of halogens is 1. The molecule has 7 heteroatoms. The van der Waals surface area contributed by atoms with E-state index in [1.54, 1.807) is 25.1 Å². The van der Waals surface area contributed by atoms with Crippen LogP contribution in [0.5, 0.6) is 0 Å². The van der Waals surface area contributed by atoms with Gasteiger partial charge in [0.25, 0.3) is 0 Å². The molecule has 0 radical (unpaired) electrons. The van der Waals surface area contributed by atoms with Crippen LogP contribution in [0.1, 0.15) is 29.5 Å². The van der Waals surface area contributed by atoms with E-state index in [-0.39, 0.29) is 18.9 Å². The number of sulfonamides is 1. The molecule has 0 saturated carbocycles. The lowest BCUT2D eigenvalue weighted by Gasteiger charge is -2.26. The van der Waals surface area contributed by atoms with E-state index >= 15 is 0 Å². The summed E-state index contributed by atoms with van der Waals surface area (Å²) in [6.07, 6.45) is 1.81. The van der Waals surface area contributed by atoms with Crippen LogP contribution in [0.3, 0.4) is 0 Å². The minimum Gasteiger partial charge on any atom is -0.334 e. The monoisotopic (exact) mass is 484 g/mol. The molecule has 0 aliphatic rings. The third kappa shape index (κ3) is 7.07. The molecule has 0 atom stereocenters. The normalized spacial score (nSPS) is 11.2. The number of carbonyl (C=O) groups excluding carboxylic acids is 1. The van der Waals surface area contributed by atoms with E-state index in [9.17, 15) is 13.2 Å². The molecule has 0 fully saturated rings. The van der Waals surface area contributed by atoms with Gasteiger partial charge in [-0.3, -0.25) is 9.10 Å². The molecule has 0 unspecified atom stereocenters. The molecule has 3 aromatic carbocycles. The van der Waals surface area contributed by atoms with Crippen LogP contribution in [0.4, 0.5) is 5.69 Å². The molecule has 0 aromatic heterocycles. The van der Waals surface area contributed by atoms with Crippen molar-refractivity contribution in [3.63, 3.8) is 0 Å². The van der Waals surface area contributed by atoms with Crippen molar-refractivity contribution in [2.45, 2.75) is 32.9 Å². The van der Waals surface area contributed by atoms with Crippen molar-refractivity contribution in [2.24, 2.45) is 0 Å². The summed E-state index contributed by atoms with van der Waals surface area (Å²) in [5.41, 5.74) is 3.34. The molecule has 0 saturated heterocycles. The minimum atomic E-state index is -3.52. The molecule has 1 amide bonds. The quantitative estimate of drug-likeness (QED) is 0.386. The minimum absolute atomic E-state index is 0.0148. The summed E-state index contributed by atoms with van der Waals surface area (Å²) in [4.78, 5) is 15.0. The second-order valence-electron chi connectivity index (χ2n) is 8.04. The number of benzene rings is 3. The zero-order chi connectivity index (χ0) is 23.8. The van der Waals surface area contributed by atoms with E-state index in [1.165, 1.54) is 10.6 Å². The smallest absolute Gasteiger partial charge is 0.232 e. The summed E-state index contributed by atoms with van der Waals surface area (Å²) in [7, 11) is -3.52. The first-order valence-electron chi connectivity index (χ1n) is 10.8. The summed E-state index contributed by atoms with van der Waals surface area (Å²) >= 11 is 6.21. The summed E-state index contributed by atoms with van der Waals surface area (Å²) in [6, 6.07) is 24.9. The van der Waals surface area contributed by atoms with E-state index in [0.717, 1.165) is 11.1 Å². The fraction of sp³-hybridized carbons (Fsp3) is 0.269. The first-order valence-corrected chi connectivity index (χ1v) is 13.1. The third-order valence-electron chi connectivity index (χ3n) is 5.45. The molecule has 3 aromatic rings. The Morgan fingerprint density at radius 3 is 1.91 bits per heavy atom. The Morgan fingerprint density at radius 1 is 0.848 bits per heavy atom. The Balaban J connectivity index is 1.72. The van der Waals surface area contributed by atoms with E-state index in [0.29, 0.717) is 35.8 Å². The molecule has 33 heavy (non-hydrogen) atoms. The fourth-order valence-corrected chi connectivity index (χ4v) is 4.89. The van der Waals surface area contributed by atoms with Gasteiger partial charge in [0.15, 0.2) is 0 Å². The standard InChI is InChI=1S/C26H29ClN2O3S/c1-21-24(27)15-9-16-25(21)29(33(2,31)32)18-10-17-26(30)28(19-22-11-5-3-6-12-22)20-23-13-7-4-8-14-23/h3-9,11-16H,10,17-20H2,1-2H3. The topological polar surface area (TPSA) is 57.7 Å². The Hall–Kier alpha value is -2.83. The molecular weight excluding hydrogens is 456 g/mol. The van der Waals surface area contributed by atoms with Gasteiger partial charge in [-0.05, 0) is 42.2 Å². The zero-order valence-corrected chi connectivity index (χ0v) is 20.5. The Labute approximate surface area is 201 Å². The van der Waals surface area contributed by atoms with E-state index in [2.05, 4.69) is 0 Å². The number of carbonyl (C=O) groups is 1. The first kappa shape index (κ1) is 24.8. The van der Waals surface area contributed by atoms with Gasteiger partial charge in [0.1, 0.15) is 0 Å². The van der Waals surface area contributed by atoms with Crippen LogP contribution in [0, 0.1) is 6.92 Å². The Kier molecular flexibility index (Phi) is 8.53. The molecule has 0 aliphatic heterocycles. The molecular formula is C26H29ClN2O3S. The van der Waals surface area contributed by atoms with Crippen LogP contribution in [0.2, 0.25) is 5.02 Å². The number of anilines is 1. The summed E-state index contributed by atoms with van der Waals surface area (Å²) in [6.45, 7) is 2.99. The van der Waals surface area contributed by atoms with Gasteiger partial charge in [-0.15, -0.1) is 0 Å². The molecule has 3 rings (SSSR count). The lowest BCUT2D eigenvalue weighted by Crippen LogP contribution is -2.34. The van der Waals surface area contributed by atoms with Crippen LogP contribution in [-0.2, 0) is 27.9 Å². The second-order valence-corrected chi connectivity index (χ2v) is 10.4. The lowest BCUT2D eigenvalue weighted by molar-refractivity contribution is -0.132. The SMILES string of the molecule is Cc1c(Cl)cccc1N(CCCC(=O)N(Cc1ccccc1)Cc1ccccc1)S(C)(=O)=O. The van der Waals surface area contributed by atoms with E-state index in [1.807, 2.05) is 65.6 Å². The number of rotatable bonds is 10. The van der Waals surface area contributed by atoms with Crippen LogP contribution in [0.25, 0.3) is 0 Å². The second kappa shape index (κ2) is 11.3. The summed E-state index contributed by atoms with van der Waals surface area (Å²) in [5, 5.41) is 0.508. The van der Waals surface area contributed by atoms with Crippen LogP contribution in [0.15, 0.2) is 78.9 Å². The van der Waals surface area contributed by atoms with Gasteiger partial charge in [0.2, 0.25) is 15.9 Å². The van der Waals surface area contributed by atoms with Crippen molar-refractivity contribution in [2.75, 3.05) is 17.1 Å². The Morgan fingerprint density at radius 2 is 1.39 bits per heavy atom. The first-order chi connectivity index (χ1) is 15.8. The molecule has 5 nitrogen and oxygen atoms in total. The van der Waals surface area contributed by atoms with Crippen molar-refractivity contribution in [3.05, 3.63) is 101 Å². The van der Waals surface area contributed by atoms with Crippen LogP contribution >= 0.6 is 11.6 Å². The van der Waals surface area contributed by atoms with Crippen molar-refractivity contribution in [1.29, 1.82) is 0 Å². The van der Waals surface area contributed by atoms with Gasteiger partial charge in [-0.2, -0.15) is 0 Å². The Bertz CT molecular complexity index is 1130. The lowest BCUT2D eigenvalue weighted by atomic mass is 10.1. The summed E-state index contributed by atoms with van der Waals surface area (Å²) < 4.78 is 26.3. The zero-order valence-electron chi connectivity index (χ0n) is 18.9. The predicted octanol–water partition coefficient (Wildman–Crippen LogP) is 5.42. The average Bonchev–Trinajstić information content (AvgIpc) is 2.79. The highest BCUT2D eigenvalue weighted by atomic mass is 35.5. The van der Waals surface area contributed by atoms with Gasteiger partial charge in [0.05, 0.1) is 11.9 Å².